The number of fused-ring (bicyclic) bond motifs is 3. The highest BCUT2D eigenvalue weighted by Crippen LogP contribution is 2.32. The molecule has 1 N–H and O–H groups in total. The van der Waals surface area contributed by atoms with Crippen molar-refractivity contribution in [2.75, 3.05) is 0 Å². The average molecular weight is 275 g/mol. The summed E-state index contributed by atoms with van der Waals surface area (Å²) in [5.74, 6) is -1.40. The molecule has 4 heteroatoms. The Balaban J connectivity index is 2.24. The Bertz CT molecular complexity index is 789. The van der Waals surface area contributed by atoms with Gasteiger partial charge >= 0.3 is 5.97 Å². The maximum absolute atomic E-state index is 11.0. The molecule has 1 heterocycles. The molecule has 0 saturated carbocycles. The van der Waals surface area contributed by atoms with Gasteiger partial charge in [-0.05, 0) is 36.8 Å². The van der Waals surface area contributed by atoms with Gasteiger partial charge in [0.15, 0.2) is 0 Å². The van der Waals surface area contributed by atoms with E-state index in [4.69, 9.17) is 21.1 Å². The van der Waals surface area contributed by atoms with Gasteiger partial charge in [0.25, 0.3) is 0 Å². The lowest BCUT2D eigenvalue weighted by Gasteiger charge is -2.05. The summed E-state index contributed by atoms with van der Waals surface area (Å²) in [6.45, 7) is 1.66. The van der Waals surface area contributed by atoms with Gasteiger partial charge in [-0.3, -0.25) is 4.79 Å². The minimum Gasteiger partial charge on any atom is -0.481 e. The minimum atomic E-state index is -0.849. The summed E-state index contributed by atoms with van der Waals surface area (Å²) < 4.78 is 5.73. The maximum atomic E-state index is 11.0. The summed E-state index contributed by atoms with van der Waals surface area (Å²) in [4.78, 5) is 11.0. The highest BCUT2D eigenvalue weighted by atomic mass is 35.5. The monoisotopic (exact) mass is 274 g/mol. The van der Waals surface area contributed by atoms with Crippen molar-refractivity contribution in [1.82, 2.24) is 0 Å². The minimum absolute atomic E-state index is 0.554. The Morgan fingerprint density at radius 2 is 1.95 bits per heavy atom. The summed E-state index contributed by atoms with van der Waals surface area (Å²) in [5.41, 5.74) is 2.16. The summed E-state index contributed by atoms with van der Waals surface area (Å²) in [5, 5.41) is 11.6. The highest BCUT2D eigenvalue weighted by Gasteiger charge is 2.15. The zero-order valence-corrected chi connectivity index (χ0v) is 10.9. The molecule has 0 amide bonds. The number of rotatable bonds is 2. The number of furan rings is 1. The average Bonchev–Trinajstić information content (AvgIpc) is 2.74. The van der Waals surface area contributed by atoms with Crippen LogP contribution in [-0.4, -0.2) is 11.1 Å². The molecule has 3 rings (SSSR count). The second-order valence-electron chi connectivity index (χ2n) is 4.56. The zero-order valence-electron chi connectivity index (χ0n) is 10.2. The predicted octanol–water partition coefficient (Wildman–Crippen LogP) is 4.43. The summed E-state index contributed by atoms with van der Waals surface area (Å²) >= 11 is 5.98. The number of hydrogen-bond donors (Lipinski definition) is 1. The molecule has 0 saturated heterocycles. The standard InChI is InChI=1S/C15H11ClO3/c1-8(15(17)18)9-2-4-11-12-7-10(16)3-5-13(12)19-14(11)6-9/h2-8H,1H3,(H,17,18)/t8-/m1/s1. The van der Waals surface area contributed by atoms with Gasteiger partial charge < -0.3 is 9.52 Å². The van der Waals surface area contributed by atoms with E-state index in [1.165, 1.54) is 0 Å². The van der Waals surface area contributed by atoms with Crippen molar-refractivity contribution < 1.29 is 14.3 Å². The smallest absolute Gasteiger partial charge is 0.310 e. The van der Waals surface area contributed by atoms with Crippen molar-refractivity contribution in [1.29, 1.82) is 0 Å². The van der Waals surface area contributed by atoms with E-state index >= 15 is 0 Å². The highest BCUT2D eigenvalue weighted by molar-refractivity contribution is 6.31. The van der Waals surface area contributed by atoms with Crippen LogP contribution in [0.1, 0.15) is 18.4 Å². The first-order chi connectivity index (χ1) is 9.06. The van der Waals surface area contributed by atoms with Crippen LogP contribution in [0, 0.1) is 0 Å². The number of carboxylic acid groups (broad SMARTS) is 1. The van der Waals surface area contributed by atoms with E-state index in [9.17, 15) is 4.79 Å². The van der Waals surface area contributed by atoms with Gasteiger partial charge in [0.05, 0.1) is 5.92 Å². The van der Waals surface area contributed by atoms with E-state index in [-0.39, 0.29) is 0 Å². The normalized spacial score (nSPS) is 12.9. The van der Waals surface area contributed by atoms with Gasteiger partial charge in [0.2, 0.25) is 0 Å². The van der Waals surface area contributed by atoms with Crippen LogP contribution >= 0.6 is 11.6 Å². The Kier molecular flexibility index (Phi) is 2.72. The first kappa shape index (κ1) is 12.1. The predicted molar refractivity (Wildman–Crippen MR) is 74.8 cm³/mol. The lowest BCUT2D eigenvalue weighted by atomic mass is 10.00. The largest absolute Gasteiger partial charge is 0.481 e. The Hall–Kier alpha value is -2.00. The molecule has 1 aromatic heterocycles. The Labute approximate surface area is 114 Å². The number of aliphatic carboxylic acids is 1. The zero-order chi connectivity index (χ0) is 13.6. The van der Waals surface area contributed by atoms with Crippen molar-refractivity contribution in [3.8, 4) is 0 Å². The molecule has 3 nitrogen and oxygen atoms in total. The molecule has 3 aromatic rings. The maximum Gasteiger partial charge on any atom is 0.310 e. The van der Waals surface area contributed by atoms with Crippen LogP contribution in [0.15, 0.2) is 40.8 Å². The van der Waals surface area contributed by atoms with E-state index in [0.29, 0.717) is 10.6 Å². The molecule has 96 valence electrons. The van der Waals surface area contributed by atoms with Crippen LogP contribution < -0.4 is 0 Å². The topological polar surface area (TPSA) is 50.4 Å². The van der Waals surface area contributed by atoms with Crippen molar-refractivity contribution in [2.24, 2.45) is 0 Å². The van der Waals surface area contributed by atoms with Gasteiger partial charge in [-0.1, -0.05) is 23.7 Å². The van der Waals surface area contributed by atoms with Gasteiger partial charge in [-0.25, -0.2) is 0 Å². The van der Waals surface area contributed by atoms with E-state index < -0.39 is 11.9 Å². The van der Waals surface area contributed by atoms with Gasteiger partial charge in [-0.15, -0.1) is 0 Å². The molecule has 19 heavy (non-hydrogen) atoms. The second kappa shape index (κ2) is 4.28. The van der Waals surface area contributed by atoms with Crippen LogP contribution in [0.4, 0.5) is 0 Å². The number of carbonyl (C=O) groups is 1. The number of hydrogen-bond acceptors (Lipinski definition) is 2. The van der Waals surface area contributed by atoms with Crippen LogP contribution in [0.25, 0.3) is 21.9 Å². The Morgan fingerprint density at radius 3 is 2.68 bits per heavy atom. The van der Waals surface area contributed by atoms with Gasteiger partial charge in [0.1, 0.15) is 11.2 Å². The molecule has 0 unspecified atom stereocenters. The first-order valence-electron chi connectivity index (χ1n) is 5.91. The lowest BCUT2D eigenvalue weighted by Crippen LogP contribution is -2.06. The molecule has 0 aliphatic heterocycles. The van der Waals surface area contributed by atoms with Crippen molar-refractivity contribution in [3.05, 3.63) is 47.0 Å². The molecular weight excluding hydrogens is 264 g/mol. The fourth-order valence-electron chi connectivity index (χ4n) is 2.18. The van der Waals surface area contributed by atoms with Crippen LogP contribution in [-0.2, 0) is 4.79 Å². The number of carboxylic acids is 1. The molecule has 0 aliphatic rings. The third-order valence-electron chi connectivity index (χ3n) is 3.33. The third-order valence-corrected chi connectivity index (χ3v) is 3.56. The van der Waals surface area contributed by atoms with Crippen molar-refractivity contribution in [3.63, 3.8) is 0 Å². The molecular formula is C15H11ClO3. The molecule has 0 radical (unpaired) electrons. The number of halogens is 1. The second-order valence-corrected chi connectivity index (χ2v) is 4.99. The van der Waals surface area contributed by atoms with Gasteiger partial charge in [-0.2, -0.15) is 0 Å². The number of benzene rings is 2. The molecule has 0 bridgehead atoms. The summed E-state index contributed by atoms with van der Waals surface area (Å²) in [6, 6.07) is 10.9. The molecule has 2 aromatic carbocycles. The lowest BCUT2D eigenvalue weighted by molar-refractivity contribution is -0.138. The first-order valence-corrected chi connectivity index (χ1v) is 6.28. The van der Waals surface area contributed by atoms with Crippen LogP contribution in [0.3, 0.4) is 0 Å². The van der Waals surface area contributed by atoms with E-state index in [0.717, 1.165) is 21.9 Å². The fraction of sp³-hybridized carbons (Fsp3) is 0.133. The van der Waals surface area contributed by atoms with Crippen LogP contribution in [0.5, 0.6) is 0 Å². The molecule has 0 spiro atoms. The summed E-state index contributed by atoms with van der Waals surface area (Å²) in [7, 11) is 0. The molecule has 1 atom stereocenters. The van der Waals surface area contributed by atoms with E-state index in [1.54, 1.807) is 19.1 Å². The molecule has 0 fully saturated rings. The molecule has 0 aliphatic carbocycles. The van der Waals surface area contributed by atoms with Gasteiger partial charge in [0, 0.05) is 15.8 Å². The third kappa shape index (κ3) is 1.96. The summed E-state index contributed by atoms with van der Waals surface area (Å²) in [6.07, 6.45) is 0. The quantitative estimate of drug-likeness (QED) is 0.752. The van der Waals surface area contributed by atoms with Crippen molar-refractivity contribution in [2.45, 2.75) is 12.8 Å². The van der Waals surface area contributed by atoms with E-state index in [1.807, 2.05) is 24.3 Å². The fourth-order valence-corrected chi connectivity index (χ4v) is 2.35. The Morgan fingerprint density at radius 1 is 1.16 bits per heavy atom. The van der Waals surface area contributed by atoms with E-state index in [2.05, 4.69) is 0 Å². The van der Waals surface area contributed by atoms with Crippen molar-refractivity contribution >= 4 is 39.5 Å². The van der Waals surface area contributed by atoms with Crippen LogP contribution in [0.2, 0.25) is 5.02 Å². The SMILES string of the molecule is C[C@@H](C(=O)O)c1ccc2c(c1)oc1ccc(Cl)cc12.